The van der Waals surface area contributed by atoms with Crippen LogP contribution in [0.2, 0.25) is 0 Å². The van der Waals surface area contributed by atoms with Gasteiger partial charge in [-0.05, 0) is 56.4 Å². The van der Waals surface area contributed by atoms with E-state index in [0.717, 1.165) is 41.4 Å². The summed E-state index contributed by atoms with van der Waals surface area (Å²) >= 11 is 0. The van der Waals surface area contributed by atoms with Crippen molar-refractivity contribution in [3.05, 3.63) is 82.0 Å². The molecule has 1 saturated heterocycles. The predicted octanol–water partition coefficient (Wildman–Crippen LogP) is 5.20. The van der Waals surface area contributed by atoms with Crippen molar-refractivity contribution in [1.82, 2.24) is 15.0 Å². The smallest absolute Gasteiger partial charge is 0.361 e. The second-order valence-corrected chi connectivity index (χ2v) is 8.19. The summed E-state index contributed by atoms with van der Waals surface area (Å²) in [6.07, 6.45) is -0.355. The lowest BCUT2D eigenvalue weighted by Gasteiger charge is -2.24. The molecule has 3 aromatic rings. The molecule has 1 amide bonds. The highest BCUT2D eigenvalue weighted by atomic mass is 19.4. The van der Waals surface area contributed by atoms with Gasteiger partial charge in [0.05, 0.1) is 29.4 Å². The van der Waals surface area contributed by atoms with Crippen LogP contribution in [0.1, 0.15) is 58.3 Å². The molecule has 0 radical (unpaired) electrons. The number of hydrogen-bond acceptors (Lipinski definition) is 4. The Bertz CT molecular complexity index is 1090. The molecule has 0 N–H and O–H groups in total. The van der Waals surface area contributed by atoms with Gasteiger partial charge in [-0.15, -0.1) is 0 Å². The first-order valence-corrected chi connectivity index (χ1v) is 10.5. The quantitative estimate of drug-likeness (QED) is 0.544. The molecule has 1 aliphatic heterocycles. The number of hydrogen-bond donors (Lipinski definition) is 0. The lowest BCUT2D eigenvalue weighted by atomic mass is 10.0. The summed E-state index contributed by atoms with van der Waals surface area (Å²) in [4.78, 5) is 19.4. The first-order chi connectivity index (χ1) is 15.2. The maximum Gasteiger partial charge on any atom is 0.416 e. The molecule has 1 aromatic carbocycles. The molecule has 0 spiro atoms. The molecule has 32 heavy (non-hydrogen) atoms. The van der Waals surface area contributed by atoms with Crippen molar-refractivity contribution in [2.24, 2.45) is 0 Å². The van der Waals surface area contributed by atoms with Gasteiger partial charge in [0, 0.05) is 18.3 Å². The zero-order chi connectivity index (χ0) is 22.9. The van der Waals surface area contributed by atoms with Gasteiger partial charge in [0.25, 0.3) is 0 Å². The molecule has 3 heterocycles. The molecular formula is C24H24F3N3O2. The van der Waals surface area contributed by atoms with E-state index >= 15 is 0 Å². The molecule has 168 valence electrons. The molecule has 0 bridgehead atoms. The summed E-state index contributed by atoms with van der Waals surface area (Å²) in [5, 5.41) is 3.92. The lowest BCUT2D eigenvalue weighted by Crippen LogP contribution is -2.32. The van der Waals surface area contributed by atoms with Gasteiger partial charge in [0.1, 0.15) is 5.76 Å². The maximum atomic E-state index is 13.0. The average Bonchev–Trinajstić information content (AvgIpc) is 3.36. The van der Waals surface area contributed by atoms with Crippen LogP contribution in [0.5, 0.6) is 0 Å². The van der Waals surface area contributed by atoms with Crippen LogP contribution in [0.3, 0.4) is 0 Å². The molecule has 2 aromatic heterocycles. The highest BCUT2D eigenvalue weighted by molar-refractivity contribution is 5.80. The number of likely N-dealkylation sites (tertiary alicyclic amines) is 1. The number of pyridine rings is 1. The number of nitrogens with zero attached hydrogens (tertiary/aromatic N) is 3. The van der Waals surface area contributed by atoms with E-state index in [1.54, 1.807) is 19.2 Å². The summed E-state index contributed by atoms with van der Waals surface area (Å²) in [6.45, 7) is 4.29. The Morgan fingerprint density at radius 1 is 1.19 bits per heavy atom. The first kappa shape index (κ1) is 22.0. The number of carbonyl (C=O) groups is 1. The topological polar surface area (TPSA) is 59.2 Å². The Balaban J connectivity index is 1.46. The van der Waals surface area contributed by atoms with Crippen molar-refractivity contribution in [2.45, 2.75) is 51.7 Å². The van der Waals surface area contributed by atoms with Gasteiger partial charge in [-0.1, -0.05) is 29.4 Å². The Morgan fingerprint density at radius 3 is 2.66 bits per heavy atom. The number of benzene rings is 1. The SMILES string of the molecule is Cc1noc(C)c1CC(=O)N1CCC[C@H]1c1ccc(Cc2cccc(C(F)(F)F)c2)cn1. The van der Waals surface area contributed by atoms with Crippen LogP contribution in [-0.4, -0.2) is 27.5 Å². The molecule has 1 atom stereocenters. The first-order valence-electron chi connectivity index (χ1n) is 10.5. The highest BCUT2D eigenvalue weighted by Gasteiger charge is 2.32. The fourth-order valence-electron chi connectivity index (χ4n) is 4.21. The van der Waals surface area contributed by atoms with E-state index in [9.17, 15) is 18.0 Å². The maximum absolute atomic E-state index is 13.0. The zero-order valence-electron chi connectivity index (χ0n) is 17.9. The number of halogens is 3. The highest BCUT2D eigenvalue weighted by Crippen LogP contribution is 2.32. The lowest BCUT2D eigenvalue weighted by molar-refractivity contribution is -0.137. The van der Waals surface area contributed by atoms with Crippen molar-refractivity contribution >= 4 is 5.91 Å². The van der Waals surface area contributed by atoms with Gasteiger partial charge >= 0.3 is 6.18 Å². The molecule has 4 rings (SSSR count). The van der Waals surface area contributed by atoms with E-state index in [-0.39, 0.29) is 18.4 Å². The van der Waals surface area contributed by atoms with Crippen molar-refractivity contribution in [3.8, 4) is 0 Å². The van der Waals surface area contributed by atoms with Crippen LogP contribution in [0.4, 0.5) is 13.2 Å². The van der Waals surface area contributed by atoms with Crippen LogP contribution in [0.15, 0.2) is 47.1 Å². The molecular weight excluding hydrogens is 419 g/mol. The van der Waals surface area contributed by atoms with Crippen molar-refractivity contribution in [1.29, 1.82) is 0 Å². The van der Waals surface area contributed by atoms with E-state index in [1.165, 1.54) is 12.1 Å². The van der Waals surface area contributed by atoms with Crippen molar-refractivity contribution in [3.63, 3.8) is 0 Å². The zero-order valence-corrected chi connectivity index (χ0v) is 17.9. The summed E-state index contributed by atoms with van der Waals surface area (Å²) in [7, 11) is 0. The summed E-state index contributed by atoms with van der Waals surface area (Å²) < 4.78 is 44.0. The van der Waals surface area contributed by atoms with Gasteiger partial charge in [-0.25, -0.2) is 0 Å². The summed E-state index contributed by atoms with van der Waals surface area (Å²) in [5.41, 5.74) is 3.08. The van der Waals surface area contributed by atoms with E-state index in [4.69, 9.17) is 4.52 Å². The van der Waals surface area contributed by atoms with Crippen LogP contribution in [0, 0.1) is 13.8 Å². The monoisotopic (exact) mass is 443 g/mol. The minimum atomic E-state index is -4.36. The molecule has 1 aliphatic rings. The van der Waals surface area contributed by atoms with Crippen LogP contribution in [0.25, 0.3) is 0 Å². The van der Waals surface area contributed by atoms with Gasteiger partial charge in [-0.3, -0.25) is 9.78 Å². The summed E-state index contributed by atoms with van der Waals surface area (Å²) in [5.74, 6) is 0.667. The van der Waals surface area contributed by atoms with Gasteiger partial charge < -0.3 is 9.42 Å². The number of aryl methyl sites for hydroxylation is 2. The number of amides is 1. The number of alkyl halides is 3. The van der Waals surface area contributed by atoms with Gasteiger partial charge in [-0.2, -0.15) is 13.2 Å². The van der Waals surface area contributed by atoms with Crippen molar-refractivity contribution < 1.29 is 22.5 Å². The second-order valence-electron chi connectivity index (χ2n) is 8.19. The van der Waals surface area contributed by atoms with Crippen LogP contribution >= 0.6 is 0 Å². The minimum Gasteiger partial charge on any atom is -0.361 e. The van der Waals surface area contributed by atoms with Crippen LogP contribution < -0.4 is 0 Å². The predicted molar refractivity (Wildman–Crippen MR) is 112 cm³/mol. The fourth-order valence-corrected chi connectivity index (χ4v) is 4.21. The third-order valence-corrected chi connectivity index (χ3v) is 5.93. The average molecular weight is 443 g/mol. The molecule has 1 fully saturated rings. The summed E-state index contributed by atoms with van der Waals surface area (Å²) in [6, 6.07) is 8.97. The standard InChI is InChI=1S/C24H24F3N3O2/c1-15-20(16(2)32-29-15)13-23(31)30-10-4-7-22(30)21-9-8-18(14-28-21)11-17-5-3-6-19(12-17)24(25,26)27/h3,5-6,8-9,12,14,22H,4,7,10-11,13H2,1-2H3/t22-/m0/s1. The molecule has 8 heteroatoms. The number of rotatable bonds is 5. The number of carbonyl (C=O) groups excluding carboxylic acids is 1. The van der Waals surface area contributed by atoms with Crippen molar-refractivity contribution in [2.75, 3.05) is 6.54 Å². The second kappa shape index (κ2) is 8.76. The Hall–Kier alpha value is -3.16. The van der Waals surface area contributed by atoms with Gasteiger partial charge in [0.2, 0.25) is 5.91 Å². The van der Waals surface area contributed by atoms with E-state index < -0.39 is 11.7 Å². The fraction of sp³-hybridized carbons (Fsp3) is 0.375. The molecule has 0 unspecified atom stereocenters. The third kappa shape index (κ3) is 4.69. The molecule has 5 nitrogen and oxygen atoms in total. The third-order valence-electron chi connectivity index (χ3n) is 5.93. The van der Waals surface area contributed by atoms with E-state index in [2.05, 4.69) is 10.1 Å². The molecule has 0 saturated carbocycles. The molecule has 0 aliphatic carbocycles. The Kier molecular flexibility index (Phi) is 6.04. The van der Waals surface area contributed by atoms with E-state index in [0.29, 0.717) is 24.3 Å². The largest absolute Gasteiger partial charge is 0.416 e. The van der Waals surface area contributed by atoms with Crippen LogP contribution in [-0.2, 0) is 23.8 Å². The Morgan fingerprint density at radius 2 is 2.00 bits per heavy atom. The normalized spacial score (nSPS) is 16.5. The number of aromatic nitrogens is 2. The minimum absolute atomic E-state index is 0.0109. The van der Waals surface area contributed by atoms with E-state index in [1.807, 2.05) is 24.0 Å². The van der Waals surface area contributed by atoms with Gasteiger partial charge in [0.15, 0.2) is 0 Å². The Labute approximate surface area is 184 Å².